The molecule has 0 aliphatic carbocycles. The van der Waals surface area contributed by atoms with Crippen molar-refractivity contribution >= 4 is 40.1 Å². The van der Waals surface area contributed by atoms with Crippen molar-refractivity contribution in [2.24, 2.45) is 0 Å². The molecule has 5 heterocycles. The van der Waals surface area contributed by atoms with E-state index >= 15 is 0 Å². The number of nitrogens with two attached hydrogens (primary N) is 1. The molecule has 0 bridgehead atoms. The summed E-state index contributed by atoms with van der Waals surface area (Å²) in [6, 6.07) is 9.74. The van der Waals surface area contributed by atoms with E-state index in [-0.39, 0.29) is 5.54 Å². The monoisotopic (exact) mass is 490 g/mol. The Morgan fingerprint density at radius 2 is 2.06 bits per heavy atom. The van der Waals surface area contributed by atoms with E-state index < -0.39 is 0 Å². The van der Waals surface area contributed by atoms with E-state index in [0.717, 1.165) is 42.1 Å². The van der Waals surface area contributed by atoms with E-state index in [1.54, 1.807) is 24.0 Å². The fourth-order valence-electron chi connectivity index (χ4n) is 5.29. The van der Waals surface area contributed by atoms with E-state index in [0.29, 0.717) is 28.1 Å². The molecule has 10 heteroatoms. The second kappa shape index (κ2) is 8.28. The van der Waals surface area contributed by atoms with Crippen LogP contribution in [0.3, 0.4) is 0 Å². The summed E-state index contributed by atoms with van der Waals surface area (Å²) >= 11 is 6.51. The van der Waals surface area contributed by atoms with Crippen LogP contribution in [0.15, 0.2) is 48.9 Å². The molecule has 2 saturated heterocycles. The van der Waals surface area contributed by atoms with Crippen LogP contribution in [0.25, 0.3) is 16.8 Å². The molecule has 180 valence electrons. The number of methoxy groups -OCH3 is 1. The SMILES string of the molecule is COc1cc(N2CC3(CCCN3C)C2)c(Nc2ncc(Cl)c(-c3cnn4ccccc34)n2)cc1N. The first kappa shape index (κ1) is 21.9. The minimum atomic E-state index is 0.249. The number of halogens is 1. The van der Waals surface area contributed by atoms with Crippen molar-refractivity contribution in [1.82, 2.24) is 24.5 Å². The van der Waals surface area contributed by atoms with Gasteiger partial charge >= 0.3 is 0 Å². The molecule has 2 aliphatic rings. The molecule has 2 fully saturated rings. The van der Waals surface area contributed by atoms with Crippen LogP contribution in [0.4, 0.5) is 23.0 Å². The summed E-state index contributed by atoms with van der Waals surface area (Å²) in [7, 11) is 3.85. The van der Waals surface area contributed by atoms with Gasteiger partial charge in [-0.2, -0.15) is 5.10 Å². The van der Waals surface area contributed by atoms with Crippen molar-refractivity contribution in [3.63, 3.8) is 0 Å². The van der Waals surface area contributed by atoms with Crippen LogP contribution in [0, 0.1) is 0 Å². The Balaban J connectivity index is 1.35. The number of hydrogen-bond donors (Lipinski definition) is 2. The molecule has 2 aliphatic heterocycles. The predicted octanol–water partition coefficient (Wildman–Crippen LogP) is 4.06. The maximum absolute atomic E-state index is 6.51. The van der Waals surface area contributed by atoms with E-state index in [9.17, 15) is 0 Å². The molecule has 1 spiro atoms. The van der Waals surface area contributed by atoms with Gasteiger partial charge in [0.25, 0.3) is 0 Å². The number of nitrogen functional groups attached to an aromatic ring is 1. The van der Waals surface area contributed by atoms with Crippen LogP contribution >= 0.6 is 11.6 Å². The Bertz CT molecular complexity index is 1410. The second-order valence-corrected chi connectivity index (χ2v) is 9.73. The smallest absolute Gasteiger partial charge is 0.227 e. The summed E-state index contributed by atoms with van der Waals surface area (Å²) in [5.41, 5.74) is 11.3. The van der Waals surface area contributed by atoms with Crippen LogP contribution in [-0.4, -0.2) is 63.8 Å². The number of nitrogens with zero attached hydrogens (tertiary/aromatic N) is 6. The van der Waals surface area contributed by atoms with Crippen molar-refractivity contribution in [3.05, 3.63) is 53.9 Å². The van der Waals surface area contributed by atoms with E-state index in [4.69, 9.17) is 27.1 Å². The molecule has 3 N–H and O–H groups in total. The normalized spacial score (nSPS) is 17.2. The Kier molecular flexibility index (Phi) is 5.19. The fraction of sp³-hybridized carbons (Fsp3) is 0.320. The van der Waals surface area contributed by atoms with Gasteiger partial charge < -0.3 is 20.7 Å². The van der Waals surface area contributed by atoms with Gasteiger partial charge in [0.1, 0.15) is 5.75 Å². The number of fused-ring (bicyclic) bond motifs is 1. The molecule has 4 aromatic rings. The van der Waals surface area contributed by atoms with Gasteiger partial charge in [0.05, 0.1) is 58.3 Å². The van der Waals surface area contributed by atoms with Gasteiger partial charge in [-0.05, 0) is 44.6 Å². The fourth-order valence-corrected chi connectivity index (χ4v) is 5.48. The third-order valence-electron chi connectivity index (χ3n) is 7.28. The average Bonchev–Trinajstić information content (AvgIpc) is 3.43. The van der Waals surface area contributed by atoms with Gasteiger partial charge in [-0.3, -0.25) is 4.90 Å². The molecule has 0 amide bonds. The minimum Gasteiger partial charge on any atom is -0.495 e. The maximum atomic E-state index is 6.51. The molecule has 35 heavy (non-hydrogen) atoms. The van der Waals surface area contributed by atoms with E-state index in [1.807, 2.05) is 36.5 Å². The molecule has 1 aromatic carbocycles. The molecule has 0 unspecified atom stereocenters. The largest absolute Gasteiger partial charge is 0.495 e. The first-order chi connectivity index (χ1) is 17.0. The summed E-state index contributed by atoms with van der Waals surface area (Å²) < 4.78 is 7.32. The Morgan fingerprint density at radius 3 is 2.83 bits per heavy atom. The van der Waals surface area contributed by atoms with Gasteiger partial charge in [-0.1, -0.05) is 17.7 Å². The van der Waals surface area contributed by atoms with Crippen molar-refractivity contribution in [2.45, 2.75) is 18.4 Å². The van der Waals surface area contributed by atoms with Crippen molar-refractivity contribution < 1.29 is 4.74 Å². The number of benzene rings is 1. The minimum absolute atomic E-state index is 0.249. The highest BCUT2D eigenvalue weighted by molar-refractivity contribution is 6.33. The first-order valence-electron chi connectivity index (χ1n) is 11.6. The zero-order chi connectivity index (χ0) is 24.2. The van der Waals surface area contributed by atoms with Gasteiger partial charge in [0.2, 0.25) is 5.95 Å². The lowest BCUT2D eigenvalue weighted by Crippen LogP contribution is -2.67. The van der Waals surface area contributed by atoms with Gasteiger partial charge in [0, 0.05) is 30.9 Å². The summed E-state index contributed by atoms with van der Waals surface area (Å²) in [6.45, 7) is 3.07. The van der Waals surface area contributed by atoms with Crippen LogP contribution in [0.2, 0.25) is 5.02 Å². The van der Waals surface area contributed by atoms with Gasteiger partial charge in [-0.25, -0.2) is 14.5 Å². The lowest BCUT2D eigenvalue weighted by molar-refractivity contribution is 0.133. The highest BCUT2D eigenvalue weighted by Gasteiger charge is 2.49. The number of hydrogen-bond acceptors (Lipinski definition) is 8. The van der Waals surface area contributed by atoms with Gasteiger partial charge in [0.15, 0.2) is 0 Å². The zero-order valence-corrected chi connectivity index (χ0v) is 20.5. The number of ether oxygens (including phenoxy) is 1. The van der Waals surface area contributed by atoms with E-state index in [1.165, 1.54) is 12.8 Å². The van der Waals surface area contributed by atoms with Crippen molar-refractivity contribution in [3.8, 4) is 17.0 Å². The summed E-state index contributed by atoms with van der Waals surface area (Å²) in [6.07, 6.45) is 7.73. The molecule has 3 aromatic heterocycles. The third kappa shape index (κ3) is 3.62. The predicted molar refractivity (Wildman–Crippen MR) is 139 cm³/mol. The average molecular weight is 491 g/mol. The topological polar surface area (TPSA) is 96.8 Å². The second-order valence-electron chi connectivity index (χ2n) is 9.32. The van der Waals surface area contributed by atoms with Crippen molar-refractivity contribution in [2.75, 3.05) is 49.7 Å². The Morgan fingerprint density at radius 1 is 1.20 bits per heavy atom. The molecule has 0 radical (unpaired) electrons. The quantitative estimate of drug-likeness (QED) is 0.404. The van der Waals surface area contributed by atoms with Crippen LogP contribution in [0.5, 0.6) is 5.75 Å². The molecular formula is C25H27ClN8O. The summed E-state index contributed by atoms with van der Waals surface area (Å²) in [5, 5.41) is 8.25. The lowest BCUT2D eigenvalue weighted by atomic mass is 9.86. The van der Waals surface area contributed by atoms with Crippen LogP contribution in [0.1, 0.15) is 12.8 Å². The standard InChI is InChI=1S/C25H27ClN8O/c1-32-8-5-7-25(32)14-33(15-25)21-11-22(35-2)18(27)10-19(21)30-24-28-13-17(26)23(31-24)16-12-29-34-9-4-3-6-20(16)34/h3-4,6,9-13H,5,7-8,14-15,27H2,1-2H3,(H,28,30,31). The molecule has 0 saturated carbocycles. The number of aromatic nitrogens is 4. The Hall–Kier alpha value is -3.56. The maximum Gasteiger partial charge on any atom is 0.227 e. The summed E-state index contributed by atoms with van der Waals surface area (Å²) in [5.74, 6) is 1.08. The third-order valence-corrected chi connectivity index (χ3v) is 7.55. The number of nitrogens with one attached hydrogen (secondary N) is 1. The molecule has 0 atom stereocenters. The lowest BCUT2D eigenvalue weighted by Gasteiger charge is -2.53. The Labute approximate surface area is 208 Å². The number of likely N-dealkylation sites (tertiary alicyclic amines) is 1. The van der Waals surface area contributed by atoms with E-state index in [2.05, 4.69) is 32.2 Å². The highest BCUT2D eigenvalue weighted by Crippen LogP contribution is 2.44. The van der Waals surface area contributed by atoms with Crippen LogP contribution < -0.4 is 20.7 Å². The number of likely N-dealkylation sites (N-methyl/N-ethyl adjacent to an activating group) is 1. The molecular weight excluding hydrogens is 464 g/mol. The highest BCUT2D eigenvalue weighted by atomic mass is 35.5. The number of pyridine rings is 1. The molecule has 6 rings (SSSR count). The van der Waals surface area contributed by atoms with Crippen molar-refractivity contribution in [1.29, 1.82) is 0 Å². The van der Waals surface area contributed by atoms with Gasteiger partial charge in [-0.15, -0.1) is 0 Å². The summed E-state index contributed by atoms with van der Waals surface area (Å²) in [4.78, 5) is 14.0. The zero-order valence-electron chi connectivity index (χ0n) is 19.7. The first-order valence-corrected chi connectivity index (χ1v) is 12.0. The number of rotatable bonds is 5. The number of anilines is 4. The van der Waals surface area contributed by atoms with Crippen LogP contribution in [-0.2, 0) is 0 Å². The molecule has 9 nitrogen and oxygen atoms in total.